The molecular formula is C17H21F3N4O2. The van der Waals surface area contributed by atoms with E-state index in [-0.39, 0.29) is 12.2 Å². The third kappa shape index (κ3) is 5.92. The number of nitrogens with two attached hydrogens (primary N) is 1. The predicted octanol–water partition coefficient (Wildman–Crippen LogP) is 2.94. The number of aromatic nitrogens is 1. The molecule has 0 aliphatic rings. The summed E-state index contributed by atoms with van der Waals surface area (Å²) < 4.78 is 44.9. The molecule has 0 bridgehead atoms. The van der Waals surface area contributed by atoms with E-state index in [4.69, 9.17) is 9.53 Å². The van der Waals surface area contributed by atoms with Gasteiger partial charge in [-0.25, -0.2) is 10.8 Å². The number of alkyl halides is 3. The van der Waals surface area contributed by atoms with Crippen LogP contribution in [0.25, 0.3) is 0 Å². The molecular weight excluding hydrogens is 349 g/mol. The predicted molar refractivity (Wildman–Crippen MR) is 92.4 cm³/mol. The van der Waals surface area contributed by atoms with Crippen LogP contribution in [0.1, 0.15) is 22.4 Å². The highest BCUT2D eigenvalue weighted by molar-refractivity contribution is 5.55. The van der Waals surface area contributed by atoms with E-state index >= 15 is 0 Å². The van der Waals surface area contributed by atoms with Crippen LogP contribution >= 0.6 is 0 Å². The number of nitrogens with one attached hydrogen (secondary N) is 2. The molecule has 4 N–H and O–H groups in total. The van der Waals surface area contributed by atoms with Crippen molar-refractivity contribution in [2.75, 3.05) is 12.4 Å². The second kappa shape index (κ2) is 9.62. The fraction of sp³-hybridized carbons (Fsp3) is 0.294. The van der Waals surface area contributed by atoms with Gasteiger partial charge in [0, 0.05) is 29.6 Å². The number of carbonyl (C=O) groups is 1. The molecule has 1 heterocycles. The van der Waals surface area contributed by atoms with Gasteiger partial charge in [-0.05, 0) is 32.0 Å². The van der Waals surface area contributed by atoms with Gasteiger partial charge in [-0.1, -0.05) is 12.1 Å². The second-order valence-electron chi connectivity index (χ2n) is 5.23. The van der Waals surface area contributed by atoms with Crippen molar-refractivity contribution in [3.63, 3.8) is 0 Å². The number of ether oxygens (including phenoxy) is 1. The SMILES string of the molecule is CNc1cccc(C(F)(F)F)c1COc1nc(C)ccc1C.NNC=O. The number of halogens is 3. The summed E-state index contributed by atoms with van der Waals surface area (Å²) in [4.78, 5) is 13.1. The summed E-state index contributed by atoms with van der Waals surface area (Å²) in [6, 6.07) is 7.66. The maximum Gasteiger partial charge on any atom is 0.416 e. The van der Waals surface area contributed by atoms with Crippen molar-refractivity contribution in [2.45, 2.75) is 26.6 Å². The molecule has 0 saturated heterocycles. The van der Waals surface area contributed by atoms with E-state index in [1.54, 1.807) is 32.4 Å². The van der Waals surface area contributed by atoms with E-state index in [1.807, 2.05) is 12.1 Å². The first-order valence-corrected chi connectivity index (χ1v) is 7.58. The van der Waals surface area contributed by atoms with Gasteiger partial charge in [0.2, 0.25) is 12.3 Å². The van der Waals surface area contributed by atoms with Crippen molar-refractivity contribution in [1.29, 1.82) is 0 Å². The Labute approximate surface area is 149 Å². The van der Waals surface area contributed by atoms with Gasteiger partial charge in [0.05, 0.1) is 5.56 Å². The van der Waals surface area contributed by atoms with Crippen LogP contribution in [0.4, 0.5) is 18.9 Å². The molecule has 0 atom stereocenters. The Hall–Kier alpha value is -2.81. The topological polar surface area (TPSA) is 89.3 Å². The van der Waals surface area contributed by atoms with Crippen LogP contribution in [0, 0.1) is 13.8 Å². The zero-order chi connectivity index (χ0) is 19.7. The minimum absolute atomic E-state index is 0.0696. The number of pyridine rings is 1. The van der Waals surface area contributed by atoms with E-state index in [0.717, 1.165) is 17.3 Å². The molecule has 0 spiro atoms. The summed E-state index contributed by atoms with van der Waals surface area (Å²) in [5.74, 6) is 4.76. The van der Waals surface area contributed by atoms with Crippen molar-refractivity contribution < 1.29 is 22.7 Å². The highest BCUT2D eigenvalue weighted by Crippen LogP contribution is 2.35. The van der Waals surface area contributed by atoms with Crippen LogP contribution in [0.15, 0.2) is 30.3 Å². The number of carbonyl (C=O) groups excluding carboxylic acids is 1. The monoisotopic (exact) mass is 370 g/mol. The molecule has 0 saturated carbocycles. The molecule has 1 aromatic heterocycles. The Morgan fingerprint density at radius 3 is 2.42 bits per heavy atom. The number of anilines is 1. The summed E-state index contributed by atoms with van der Waals surface area (Å²) in [6.07, 6.45) is -4.03. The minimum atomic E-state index is -4.43. The zero-order valence-electron chi connectivity index (χ0n) is 14.6. The van der Waals surface area contributed by atoms with Crippen molar-refractivity contribution in [3.05, 3.63) is 52.7 Å². The molecule has 2 aromatic rings. The molecule has 0 aliphatic carbocycles. The molecule has 6 nitrogen and oxygen atoms in total. The largest absolute Gasteiger partial charge is 0.472 e. The summed E-state index contributed by atoms with van der Waals surface area (Å²) in [7, 11) is 1.58. The average molecular weight is 370 g/mol. The lowest BCUT2D eigenvalue weighted by Gasteiger charge is -2.17. The molecule has 0 unspecified atom stereocenters. The molecule has 1 aromatic carbocycles. The van der Waals surface area contributed by atoms with Crippen molar-refractivity contribution >= 4 is 12.1 Å². The van der Waals surface area contributed by atoms with E-state index in [0.29, 0.717) is 18.0 Å². The average Bonchev–Trinajstić information content (AvgIpc) is 2.61. The molecule has 9 heteroatoms. The fourth-order valence-corrected chi connectivity index (χ4v) is 2.13. The molecule has 142 valence electrons. The smallest absolute Gasteiger partial charge is 0.416 e. The summed E-state index contributed by atoms with van der Waals surface area (Å²) >= 11 is 0. The van der Waals surface area contributed by atoms with Crippen molar-refractivity contribution in [1.82, 2.24) is 10.4 Å². The molecule has 26 heavy (non-hydrogen) atoms. The first-order chi connectivity index (χ1) is 12.2. The van der Waals surface area contributed by atoms with E-state index in [9.17, 15) is 13.2 Å². The van der Waals surface area contributed by atoms with Gasteiger partial charge in [-0.15, -0.1) is 0 Å². The third-order valence-corrected chi connectivity index (χ3v) is 3.36. The van der Waals surface area contributed by atoms with E-state index < -0.39 is 11.7 Å². The van der Waals surface area contributed by atoms with Crippen LogP contribution in [-0.4, -0.2) is 18.4 Å². The summed E-state index contributed by atoms with van der Waals surface area (Å²) in [5, 5.41) is 2.77. The van der Waals surface area contributed by atoms with Crippen LogP contribution in [-0.2, 0) is 17.6 Å². The van der Waals surface area contributed by atoms with Crippen molar-refractivity contribution in [2.24, 2.45) is 5.84 Å². The van der Waals surface area contributed by atoms with Crippen molar-refractivity contribution in [3.8, 4) is 5.88 Å². The molecule has 0 radical (unpaired) electrons. The highest BCUT2D eigenvalue weighted by atomic mass is 19.4. The van der Waals surface area contributed by atoms with Gasteiger partial charge >= 0.3 is 6.18 Å². The number of rotatable bonds is 5. The maximum atomic E-state index is 13.1. The number of amides is 1. The van der Waals surface area contributed by atoms with Gasteiger partial charge in [-0.3, -0.25) is 10.2 Å². The van der Waals surface area contributed by atoms with Gasteiger partial charge < -0.3 is 10.1 Å². The van der Waals surface area contributed by atoms with E-state index in [2.05, 4.69) is 16.1 Å². The summed E-state index contributed by atoms with van der Waals surface area (Å²) in [6.45, 7) is 3.40. The minimum Gasteiger partial charge on any atom is -0.472 e. The second-order valence-corrected chi connectivity index (χ2v) is 5.23. The lowest BCUT2D eigenvalue weighted by atomic mass is 10.1. The van der Waals surface area contributed by atoms with E-state index in [1.165, 1.54) is 6.07 Å². The standard InChI is InChI=1S/C16H17F3N2O.CH4N2O/c1-10-7-8-11(2)21-15(10)22-9-12-13(16(17,18)19)5-4-6-14(12)20-3;2-3-1-4/h4-8,20H,9H2,1-3H3;1H,2H2,(H,3,4). The Morgan fingerprint density at radius 1 is 1.23 bits per heavy atom. The fourth-order valence-electron chi connectivity index (χ4n) is 2.13. The number of hydrazine groups is 1. The molecule has 1 amide bonds. The third-order valence-electron chi connectivity index (χ3n) is 3.36. The Bertz CT molecular complexity index is 736. The quantitative estimate of drug-likeness (QED) is 0.326. The Morgan fingerprint density at radius 2 is 1.88 bits per heavy atom. The van der Waals surface area contributed by atoms with Gasteiger partial charge in [0.15, 0.2) is 0 Å². The summed E-state index contributed by atoms with van der Waals surface area (Å²) in [5.41, 5.74) is 3.03. The molecule has 0 fully saturated rings. The lowest BCUT2D eigenvalue weighted by Crippen LogP contribution is -2.18. The Balaban J connectivity index is 0.000000765. The number of nitrogens with zero attached hydrogens (tertiary/aromatic N) is 1. The van der Waals surface area contributed by atoms with Crippen LogP contribution in [0.3, 0.4) is 0 Å². The first-order valence-electron chi connectivity index (χ1n) is 7.58. The number of hydrogen-bond donors (Lipinski definition) is 3. The van der Waals surface area contributed by atoms with Gasteiger partial charge in [0.1, 0.15) is 6.61 Å². The number of aryl methyl sites for hydroxylation is 2. The number of benzene rings is 1. The highest BCUT2D eigenvalue weighted by Gasteiger charge is 2.34. The zero-order valence-corrected chi connectivity index (χ0v) is 14.6. The number of hydrogen-bond acceptors (Lipinski definition) is 5. The van der Waals surface area contributed by atoms with Gasteiger partial charge in [0.25, 0.3) is 0 Å². The lowest BCUT2D eigenvalue weighted by molar-refractivity contribution is -0.138. The first kappa shape index (κ1) is 21.2. The molecule has 2 rings (SSSR count). The van der Waals surface area contributed by atoms with Crippen LogP contribution < -0.4 is 21.3 Å². The Kier molecular flexibility index (Phi) is 7.85. The maximum absolute atomic E-state index is 13.1. The van der Waals surface area contributed by atoms with Gasteiger partial charge in [-0.2, -0.15) is 13.2 Å². The van der Waals surface area contributed by atoms with Crippen LogP contribution in [0.5, 0.6) is 5.88 Å². The normalized spacial score (nSPS) is 10.4. The molecule has 0 aliphatic heterocycles. The van der Waals surface area contributed by atoms with Crippen LogP contribution in [0.2, 0.25) is 0 Å².